The molecule has 0 saturated carbocycles. The summed E-state index contributed by atoms with van der Waals surface area (Å²) in [6, 6.07) is 1.13. The maximum Gasteiger partial charge on any atom is 0.0446 e. The summed E-state index contributed by atoms with van der Waals surface area (Å²) in [7, 11) is 0. The van der Waals surface area contributed by atoms with Crippen LogP contribution in [0.2, 0.25) is 0 Å². The summed E-state index contributed by atoms with van der Waals surface area (Å²) in [5.41, 5.74) is 0. The number of rotatable bonds is 3. The Balaban J connectivity index is 2.42. The van der Waals surface area contributed by atoms with Crippen molar-refractivity contribution in [1.29, 1.82) is 0 Å². The van der Waals surface area contributed by atoms with Crippen LogP contribution in [0.3, 0.4) is 0 Å². The normalized spacial score (nSPS) is 26.5. The third-order valence-corrected chi connectivity index (χ3v) is 2.52. The molecule has 1 aliphatic heterocycles. The van der Waals surface area contributed by atoms with Crippen LogP contribution in [0.5, 0.6) is 0 Å². The molecule has 72 valence electrons. The fourth-order valence-corrected chi connectivity index (χ4v) is 1.87. The Morgan fingerprint density at radius 3 is 2.92 bits per heavy atom. The summed E-state index contributed by atoms with van der Waals surface area (Å²) in [4.78, 5) is 2.46. The lowest BCUT2D eigenvalue weighted by Gasteiger charge is -2.38. The molecule has 0 aromatic rings. The van der Waals surface area contributed by atoms with Crippen molar-refractivity contribution < 1.29 is 5.11 Å². The maximum absolute atomic E-state index is 8.86. The number of aliphatic hydroxyl groups is 1. The Morgan fingerprint density at radius 1 is 1.58 bits per heavy atom. The first-order valence-electron chi connectivity index (χ1n) is 4.83. The number of aliphatic hydroxyl groups excluding tert-OH is 1. The molecule has 1 saturated heterocycles. The van der Waals surface area contributed by atoms with Gasteiger partial charge in [0.25, 0.3) is 0 Å². The maximum atomic E-state index is 8.86. The molecule has 1 heterocycles. The van der Waals surface area contributed by atoms with E-state index in [-0.39, 0.29) is 0 Å². The zero-order valence-corrected chi connectivity index (χ0v) is 8.08. The molecule has 3 nitrogen and oxygen atoms in total. The summed E-state index contributed by atoms with van der Waals surface area (Å²) in [5.74, 6) is 0. The second-order valence-corrected chi connectivity index (χ2v) is 3.70. The van der Waals surface area contributed by atoms with Crippen LogP contribution < -0.4 is 5.32 Å². The second kappa shape index (κ2) is 4.80. The fourth-order valence-electron chi connectivity index (χ4n) is 1.87. The molecule has 1 atom stereocenters. The Hall–Kier alpha value is -0.120. The highest BCUT2D eigenvalue weighted by Gasteiger charge is 2.23. The van der Waals surface area contributed by atoms with E-state index >= 15 is 0 Å². The van der Waals surface area contributed by atoms with Gasteiger partial charge in [-0.25, -0.2) is 0 Å². The molecule has 0 aromatic carbocycles. The van der Waals surface area contributed by atoms with Gasteiger partial charge in [-0.1, -0.05) is 0 Å². The SMILES string of the molecule is CC(C)N1CCNCC1CCO. The molecule has 0 radical (unpaired) electrons. The zero-order chi connectivity index (χ0) is 8.97. The number of hydrogen-bond donors (Lipinski definition) is 2. The molecule has 2 N–H and O–H groups in total. The largest absolute Gasteiger partial charge is 0.396 e. The van der Waals surface area contributed by atoms with E-state index in [4.69, 9.17) is 5.11 Å². The summed E-state index contributed by atoms with van der Waals surface area (Å²) in [6.07, 6.45) is 0.894. The molecule has 1 fully saturated rings. The van der Waals surface area contributed by atoms with Crippen molar-refractivity contribution >= 4 is 0 Å². The van der Waals surface area contributed by atoms with Crippen molar-refractivity contribution in [2.45, 2.75) is 32.4 Å². The lowest BCUT2D eigenvalue weighted by Crippen LogP contribution is -2.54. The first-order chi connectivity index (χ1) is 5.75. The van der Waals surface area contributed by atoms with E-state index in [9.17, 15) is 0 Å². The monoisotopic (exact) mass is 172 g/mol. The average Bonchev–Trinajstić information content (AvgIpc) is 2.05. The van der Waals surface area contributed by atoms with E-state index < -0.39 is 0 Å². The van der Waals surface area contributed by atoms with Gasteiger partial charge in [0.2, 0.25) is 0 Å². The van der Waals surface area contributed by atoms with Crippen molar-refractivity contribution in [2.24, 2.45) is 0 Å². The Kier molecular flexibility index (Phi) is 3.98. The van der Waals surface area contributed by atoms with Crippen molar-refractivity contribution in [2.75, 3.05) is 26.2 Å². The van der Waals surface area contributed by atoms with Crippen molar-refractivity contribution in [3.05, 3.63) is 0 Å². The standard InChI is InChI=1S/C9H20N2O/c1-8(2)11-5-4-10-7-9(11)3-6-12/h8-10,12H,3-7H2,1-2H3. The first-order valence-corrected chi connectivity index (χ1v) is 4.83. The van der Waals surface area contributed by atoms with Crippen LogP contribution in [0.25, 0.3) is 0 Å². The molecule has 12 heavy (non-hydrogen) atoms. The van der Waals surface area contributed by atoms with Crippen LogP contribution in [0.4, 0.5) is 0 Å². The van der Waals surface area contributed by atoms with Crippen LogP contribution in [0.15, 0.2) is 0 Å². The van der Waals surface area contributed by atoms with E-state index in [1.165, 1.54) is 0 Å². The second-order valence-electron chi connectivity index (χ2n) is 3.70. The number of nitrogens with zero attached hydrogens (tertiary/aromatic N) is 1. The molecule has 0 aliphatic carbocycles. The minimum absolute atomic E-state index is 0.301. The molecular weight excluding hydrogens is 152 g/mol. The quantitative estimate of drug-likeness (QED) is 0.631. The van der Waals surface area contributed by atoms with Gasteiger partial charge in [0.05, 0.1) is 0 Å². The van der Waals surface area contributed by atoms with Gasteiger partial charge in [0.1, 0.15) is 0 Å². The van der Waals surface area contributed by atoms with Gasteiger partial charge in [0.15, 0.2) is 0 Å². The lowest BCUT2D eigenvalue weighted by molar-refractivity contribution is 0.101. The lowest BCUT2D eigenvalue weighted by atomic mass is 10.1. The molecule has 0 spiro atoms. The highest BCUT2D eigenvalue weighted by molar-refractivity contribution is 4.81. The van der Waals surface area contributed by atoms with Gasteiger partial charge >= 0.3 is 0 Å². The zero-order valence-electron chi connectivity index (χ0n) is 8.08. The van der Waals surface area contributed by atoms with Crippen LogP contribution in [0, 0.1) is 0 Å². The van der Waals surface area contributed by atoms with Crippen LogP contribution in [-0.4, -0.2) is 48.3 Å². The molecular formula is C9H20N2O. The molecule has 1 rings (SSSR count). The highest BCUT2D eigenvalue weighted by Crippen LogP contribution is 2.10. The fraction of sp³-hybridized carbons (Fsp3) is 1.00. The van der Waals surface area contributed by atoms with E-state index in [2.05, 4.69) is 24.1 Å². The number of piperazine rings is 1. The van der Waals surface area contributed by atoms with Crippen molar-refractivity contribution in [3.8, 4) is 0 Å². The Morgan fingerprint density at radius 2 is 2.33 bits per heavy atom. The van der Waals surface area contributed by atoms with Gasteiger partial charge in [-0.3, -0.25) is 4.90 Å². The van der Waals surface area contributed by atoms with Crippen LogP contribution in [-0.2, 0) is 0 Å². The molecule has 3 heteroatoms. The van der Waals surface area contributed by atoms with E-state index in [1.807, 2.05) is 0 Å². The van der Waals surface area contributed by atoms with E-state index in [0.717, 1.165) is 26.1 Å². The van der Waals surface area contributed by atoms with Crippen LogP contribution >= 0.6 is 0 Å². The summed E-state index contributed by atoms with van der Waals surface area (Å²) < 4.78 is 0. The third kappa shape index (κ3) is 2.44. The van der Waals surface area contributed by atoms with Gasteiger partial charge < -0.3 is 10.4 Å². The summed E-state index contributed by atoms with van der Waals surface area (Å²) in [6.45, 7) is 7.96. The first kappa shape index (κ1) is 9.96. The predicted octanol–water partition coefficient (Wildman–Crippen LogP) is 0.0510. The van der Waals surface area contributed by atoms with Crippen LogP contribution in [0.1, 0.15) is 20.3 Å². The number of nitrogens with one attached hydrogen (secondary N) is 1. The van der Waals surface area contributed by atoms with E-state index in [0.29, 0.717) is 18.7 Å². The summed E-state index contributed by atoms with van der Waals surface area (Å²) >= 11 is 0. The van der Waals surface area contributed by atoms with Gasteiger partial charge in [0, 0.05) is 38.3 Å². The highest BCUT2D eigenvalue weighted by atomic mass is 16.3. The molecule has 0 bridgehead atoms. The summed E-state index contributed by atoms with van der Waals surface area (Å²) in [5, 5.41) is 12.2. The van der Waals surface area contributed by atoms with Gasteiger partial charge in [-0.2, -0.15) is 0 Å². The number of hydrogen-bond acceptors (Lipinski definition) is 3. The Bertz CT molecular complexity index is 126. The molecule has 0 amide bonds. The smallest absolute Gasteiger partial charge is 0.0446 e. The van der Waals surface area contributed by atoms with Gasteiger partial charge in [-0.05, 0) is 20.3 Å². The Labute approximate surface area is 74.8 Å². The van der Waals surface area contributed by atoms with Gasteiger partial charge in [-0.15, -0.1) is 0 Å². The average molecular weight is 172 g/mol. The molecule has 0 aromatic heterocycles. The molecule has 1 aliphatic rings. The topological polar surface area (TPSA) is 35.5 Å². The van der Waals surface area contributed by atoms with Crippen molar-refractivity contribution in [3.63, 3.8) is 0 Å². The minimum Gasteiger partial charge on any atom is -0.396 e. The van der Waals surface area contributed by atoms with Crippen molar-refractivity contribution in [1.82, 2.24) is 10.2 Å². The third-order valence-electron chi connectivity index (χ3n) is 2.52. The van der Waals surface area contributed by atoms with E-state index in [1.54, 1.807) is 0 Å². The predicted molar refractivity (Wildman–Crippen MR) is 50.2 cm³/mol. The minimum atomic E-state index is 0.301. The molecule has 1 unspecified atom stereocenters.